The lowest BCUT2D eigenvalue weighted by Gasteiger charge is -2.03. The van der Waals surface area contributed by atoms with Crippen LogP contribution in [0.5, 0.6) is 0 Å². The topological polar surface area (TPSA) is 25.2 Å². The van der Waals surface area contributed by atoms with Gasteiger partial charge in [0.1, 0.15) is 0 Å². The van der Waals surface area contributed by atoms with Gasteiger partial charge in [-0.3, -0.25) is 0 Å². The number of rotatable bonds is 1. The molecule has 1 N–H and O–H groups in total. The Balaban J connectivity index is 2.94. The molecule has 0 radical (unpaired) electrons. The van der Waals surface area contributed by atoms with Crippen molar-refractivity contribution in [1.82, 2.24) is 4.57 Å². The average molecular weight is 125 g/mol. The van der Waals surface area contributed by atoms with Gasteiger partial charge >= 0.3 is 0 Å². The van der Waals surface area contributed by atoms with Crippen LogP contribution < -0.4 is 0 Å². The molecule has 1 aromatic heterocycles. The van der Waals surface area contributed by atoms with Crippen LogP contribution in [0, 0.1) is 0 Å². The Morgan fingerprint density at radius 3 is 2.56 bits per heavy atom. The van der Waals surface area contributed by atoms with E-state index >= 15 is 0 Å². The van der Waals surface area contributed by atoms with E-state index < -0.39 is 0 Å². The molecule has 1 heterocycles. The SMILES string of the molecule is CC(O)c1cccn1C. The molecule has 0 saturated carbocycles. The Hall–Kier alpha value is -0.760. The number of aryl methyl sites for hydroxylation is 1. The minimum Gasteiger partial charge on any atom is -0.387 e. The maximum Gasteiger partial charge on any atom is 0.0911 e. The molecule has 2 heteroatoms. The lowest BCUT2D eigenvalue weighted by molar-refractivity contribution is 0.190. The number of nitrogens with zero attached hydrogens (tertiary/aromatic N) is 1. The fourth-order valence-electron chi connectivity index (χ4n) is 0.908. The summed E-state index contributed by atoms with van der Waals surface area (Å²) in [6.07, 6.45) is 1.56. The molecular formula is C7H11NO. The van der Waals surface area contributed by atoms with E-state index in [0.717, 1.165) is 5.69 Å². The molecule has 0 aromatic carbocycles. The third-order valence-electron chi connectivity index (χ3n) is 1.41. The van der Waals surface area contributed by atoms with Crippen molar-refractivity contribution >= 4 is 0 Å². The van der Waals surface area contributed by atoms with E-state index in [1.54, 1.807) is 6.92 Å². The molecule has 0 saturated heterocycles. The van der Waals surface area contributed by atoms with Gasteiger partial charge in [-0.25, -0.2) is 0 Å². The van der Waals surface area contributed by atoms with E-state index in [9.17, 15) is 0 Å². The van der Waals surface area contributed by atoms with E-state index in [0.29, 0.717) is 0 Å². The number of aromatic nitrogens is 1. The normalized spacial score (nSPS) is 13.7. The lowest BCUT2D eigenvalue weighted by atomic mass is 10.3. The zero-order valence-electron chi connectivity index (χ0n) is 5.70. The Labute approximate surface area is 54.7 Å². The molecule has 1 rings (SSSR count). The van der Waals surface area contributed by atoms with Crippen molar-refractivity contribution < 1.29 is 5.11 Å². The molecular weight excluding hydrogens is 114 g/mol. The number of aliphatic hydroxyl groups excluding tert-OH is 1. The highest BCUT2D eigenvalue weighted by Gasteiger charge is 2.01. The summed E-state index contributed by atoms with van der Waals surface area (Å²) in [5.74, 6) is 0. The second kappa shape index (κ2) is 2.23. The molecule has 50 valence electrons. The first-order valence-corrected chi connectivity index (χ1v) is 3.01. The van der Waals surface area contributed by atoms with Crippen LogP contribution in [0.1, 0.15) is 18.7 Å². The van der Waals surface area contributed by atoms with Crippen molar-refractivity contribution in [3.63, 3.8) is 0 Å². The summed E-state index contributed by atoms with van der Waals surface area (Å²) in [7, 11) is 1.92. The van der Waals surface area contributed by atoms with Crippen LogP contribution in [0.4, 0.5) is 0 Å². The third kappa shape index (κ3) is 1.13. The van der Waals surface area contributed by atoms with Gasteiger partial charge in [0.15, 0.2) is 0 Å². The van der Waals surface area contributed by atoms with Crippen molar-refractivity contribution in [1.29, 1.82) is 0 Å². The van der Waals surface area contributed by atoms with Gasteiger partial charge in [-0.05, 0) is 19.1 Å². The standard InChI is InChI=1S/C7H11NO/c1-6(9)7-4-3-5-8(7)2/h3-6,9H,1-2H3. The Kier molecular flexibility index (Phi) is 1.58. The highest BCUT2D eigenvalue weighted by molar-refractivity contribution is 5.08. The van der Waals surface area contributed by atoms with E-state index in [1.165, 1.54) is 0 Å². The van der Waals surface area contributed by atoms with Gasteiger partial charge in [0, 0.05) is 18.9 Å². The average Bonchev–Trinajstić information content (AvgIpc) is 2.13. The molecule has 2 nitrogen and oxygen atoms in total. The van der Waals surface area contributed by atoms with E-state index in [4.69, 9.17) is 5.11 Å². The molecule has 0 fully saturated rings. The van der Waals surface area contributed by atoms with E-state index in [1.807, 2.05) is 29.9 Å². The fourth-order valence-corrected chi connectivity index (χ4v) is 0.908. The van der Waals surface area contributed by atoms with Crippen LogP contribution in [0.15, 0.2) is 18.3 Å². The summed E-state index contributed by atoms with van der Waals surface area (Å²) in [6, 6.07) is 3.83. The van der Waals surface area contributed by atoms with Gasteiger partial charge in [-0.2, -0.15) is 0 Å². The van der Waals surface area contributed by atoms with Crippen LogP contribution in [-0.4, -0.2) is 9.67 Å². The monoisotopic (exact) mass is 125 g/mol. The van der Waals surface area contributed by atoms with Crippen molar-refractivity contribution in [3.8, 4) is 0 Å². The fraction of sp³-hybridized carbons (Fsp3) is 0.429. The first kappa shape index (κ1) is 6.36. The summed E-state index contributed by atoms with van der Waals surface area (Å²) in [5.41, 5.74) is 0.954. The minimum atomic E-state index is -0.356. The number of aliphatic hydroxyl groups is 1. The summed E-state index contributed by atoms with van der Waals surface area (Å²) < 4.78 is 1.91. The van der Waals surface area contributed by atoms with Crippen LogP contribution in [0.2, 0.25) is 0 Å². The second-order valence-electron chi connectivity index (χ2n) is 2.22. The van der Waals surface area contributed by atoms with Gasteiger partial charge < -0.3 is 9.67 Å². The molecule has 0 aliphatic carbocycles. The molecule has 0 aliphatic heterocycles. The van der Waals surface area contributed by atoms with Crippen LogP contribution in [0.25, 0.3) is 0 Å². The second-order valence-corrected chi connectivity index (χ2v) is 2.22. The summed E-state index contributed by atoms with van der Waals surface area (Å²) in [4.78, 5) is 0. The smallest absolute Gasteiger partial charge is 0.0911 e. The van der Waals surface area contributed by atoms with Crippen molar-refractivity contribution in [2.24, 2.45) is 7.05 Å². The van der Waals surface area contributed by atoms with Crippen molar-refractivity contribution in [2.45, 2.75) is 13.0 Å². The zero-order valence-corrected chi connectivity index (χ0v) is 5.70. The summed E-state index contributed by atoms with van der Waals surface area (Å²) >= 11 is 0. The van der Waals surface area contributed by atoms with Crippen LogP contribution in [-0.2, 0) is 7.05 Å². The molecule has 1 aromatic rings. The predicted octanol–water partition coefficient (Wildman–Crippen LogP) is 1.08. The Bertz CT molecular complexity index is 191. The molecule has 0 bridgehead atoms. The highest BCUT2D eigenvalue weighted by Crippen LogP contribution is 2.09. The molecule has 1 unspecified atom stereocenters. The first-order chi connectivity index (χ1) is 4.22. The summed E-state index contributed by atoms with van der Waals surface area (Å²) in [6.45, 7) is 1.76. The number of hydrogen-bond acceptors (Lipinski definition) is 1. The predicted molar refractivity (Wildman–Crippen MR) is 36.0 cm³/mol. The maximum absolute atomic E-state index is 9.07. The zero-order chi connectivity index (χ0) is 6.85. The van der Waals surface area contributed by atoms with Crippen LogP contribution >= 0.6 is 0 Å². The molecule has 0 spiro atoms. The largest absolute Gasteiger partial charge is 0.387 e. The van der Waals surface area contributed by atoms with Gasteiger partial charge in [0.25, 0.3) is 0 Å². The first-order valence-electron chi connectivity index (χ1n) is 3.01. The van der Waals surface area contributed by atoms with E-state index in [-0.39, 0.29) is 6.10 Å². The molecule has 0 aliphatic rings. The van der Waals surface area contributed by atoms with Gasteiger partial charge in [0.2, 0.25) is 0 Å². The van der Waals surface area contributed by atoms with Gasteiger partial charge in [-0.1, -0.05) is 0 Å². The molecule has 0 amide bonds. The minimum absolute atomic E-state index is 0.356. The van der Waals surface area contributed by atoms with Crippen molar-refractivity contribution in [3.05, 3.63) is 24.0 Å². The third-order valence-corrected chi connectivity index (χ3v) is 1.41. The molecule has 9 heavy (non-hydrogen) atoms. The Morgan fingerprint density at radius 1 is 1.67 bits per heavy atom. The quantitative estimate of drug-likeness (QED) is 0.597. The number of hydrogen-bond donors (Lipinski definition) is 1. The lowest BCUT2D eigenvalue weighted by Crippen LogP contribution is -1.98. The Morgan fingerprint density at radius 2 is 2.33 bits per heavy atom. The van der Waals surface area contributed by atoms with Crippen LogP contribution in [0.3, 0.4) is 0 Å². The summed E-state index contributed by atoms with van der Waals surface area (Å²) in [5, 5.41) is 9.07. The highest BCUT2D eigenvalue weighted by atomic mass is 16.3. The van der Waals surface area contributed by atoms with Gasteiger partial charge in [0.05, 0.1) is 6.10 Å². The molecule has 1 atom stereocenters. The maximum atomic E-state index is 9.07. The van der Waals surface area contributed by atoms with Crippen molar-refractivity contribution in [2.75, 3.05) is 0 Å². The van der Waals surface area contributed by atoms with Gasteiger partial charge in [-0.15, -0.1) is 0 Å². The van der Waals surface area contributed by atoms with E-state index in [2.05, 4.69) is 0 Å².